The van der Waals surface area contributed by atoms with Gasteiger partial charge in [0.2, 0.25) is 0 Å². The van der Waals surface area contributed by atoms with Crippen molar-refractivity contribution in [2.75, 3.05) is 13.1 Å². The highest BCUT2D eigenvalue weighted by Gasteiger charge is 2.11. The molecule has 0 atom stereocenters. The minimum atomic E-state index is -0.879. The molecule has 0 aromatic heterocycles. The molecule has 18 heavy (non-hydrogen) atoms. The van der Waals surface area contributed by atoms with Crippen molar-refractivity contribution in [3.8, 4) is 6.07 Å². The highest BCUT2D eigenvalue weighted by atomic mass is 79.9. The van der Waals surface area contributed by atoms with E-state index in [1.807, 2.05) is 31.2 Å². The number of carboxylic acids is 1. The van der Waals surface area contributed by atoms with Gasteiger partial charge in [-0.15, -0.1) is 0 Å². The van der Waals surface area contributed by atoms with E-state index in [1.54, 1.807) is 4.90 Å². The van der Waals surface area contributed by atoms with Crippen LogP contribution in [-0.4, -0.2) is 29.1 Å². The van der Waals surface area contributed by atoms with Crippen LogP contribution in [0.15, 0.2) is 22.7 Å². The third kappa shape index (κ3) is 4.86. The van der Waals surface area contributed by atoms with Crippen molar-refractivity contribution >= 4 is 21.9 Å². The van der Waals surface area contributed by atoms with Gasteiger partial charge in [-0.1, -0.05) is 28.1 Å². The van der Waals surface area contributed by atoms with Gasteiger partial charge in [0.05, 0.1) is 12.6 Å². The largest absolute Gasteiger partial charge is 0.480 e. The monoisotopic (exact) mass is 310 g/mol. The van der Waals surface area contributed by atoms with Crippen molar-refractivity contribution in [3.63, 3.8) is 0 Å². The predicted octanol–water partition coefficient (Wildman–Crippen LogP) is 2.56. The lowest BCUT2D eigenvalue weighted by atomic mass is 10.1. The Labute approximate surface area is 115 Å². The van der Waals surface area contributed by atoms with E-state index < -0.39 is 5.97 Å². The summed E-state index contributed by atoms with van der Waals surface area (Å²) in [6, 6.07) is 8.00. The summed E-state index contributed by atoms with van der Waals surface area (Å²) in [6.07, 6.45) is 0.330. The standard InChI is InChI=1S/C13H15BrN2O2/c1-10-3-4-11(12(14)7-10)8-16(6-2-5-15)9-13(17)18/h3-4,7H,2,6,8-9H2,1H3,(H,17,18). The molecular formula is C13H15BrN2O2. The summed E-state index contributed by atoms with van der Waals surface area (Å²) in [6.45, 7) is 2.93. The van der Waals surface area contributed by atoms with Crippen LogP contribution in [0, 0.1) is 18.3 Å². The molecule has 1 aromatic carbocycles. The maximum atomic E-state index is 10.8. The number of halogens is 1. The topological polar surface area (TPSA) is 64.3 Å². The second-order valence-corrected chi connectivity index (χ2v) is 4.96. The average Bonchev–Trinajstić information content (AvgIpc) is 2.29. The van der Waals surface area contributed by atoms with Crippen molar-refractivity contribution in [1.82, 2.24) is 4.90 Å². The fourth-order valence-electron chi connectivity index (χ4n) is 1.63. The second-order valence-electron chi connectivity index (χ2n) is 4.11. The molecule has 1 aromatic rings. The van der Waals surface area contributed by atoms with Gasteiger partial charge in [-0.2, -0.15) is 5.26 Å². The summed E-state index contributed by atoms with van der Waals surface area (Å²) < 4.78 is 0.967. The molecule has 0 fully saturated rings. The Hall–Kier alpha value is -1.38. The van der Waals surface area contributed by atoms with Gasteiger partial charge < -0.3 is 5.11 Å². The molecule has 5 heteroatoms. The van der Waals surface area contributed by atoms with Gasteiger partial charge in [0.1, 0.15) is 0 Å². The molecule has 0 bridgehead atoms. The fraction of sp³-hybridized carbons (Fsp3) is 0.385. The van der Waals surface area contributed by atoms with Crippen LogP contribution in [-0.2, 0) is 11.3 Å². The molecule has 0 amide bonds. The number of carboxylic acid groups (broad SMARTS) is 1. The number of nitrogens with zero attached hydrogens (tertiary/aromatic N) is 2. The van der Waals surface area contributed by atoms with Crippen molar-refractivity contribution in [2.45, 2.75) is 19.9 Å². The Kier molecular flexibility index (Phi) is 5.83. The van der Waals surface area contributed by atoms with Gasteiger partial charge in [-0.05, 0) is 24.1 Å². The smallest absolute Gasteiger partial charge is 0.317 e. The Bertz CT molecular complexity index is 469. The van der Waals surface area contributed by atoms with Crippen LogP contribution in [0.2, 0.25) is 0 Å². The van der Waals surface area contributed by atoms with Crippen molar-refractivity contribution < 1.29 is 9.90 Å². The van der Waals surface area contributed by atoms with E-state index in [9.17, 15) is 4.79 Å². The van der Waals surface area contributed by atoms with Crippen LogP contribution >= 0.6 is 15.9 Å². The van der Waals surface area contributed by atoms with Crippen LogP contribution in [0.4, 0.5) is 0 Å². The lowest BCUT2D eigenvalue weighted by Gasteiger charge is -2.19. The maximum Gasteiger partial charge on any atom is 0.317 e. The van der Waals surface area contributed by atoms with Crippen molar-refractivity contribution in [1.29, 1.82) is 5.26 Å². The Morgan fingerprint density at radius 1 is 1.56 bits per heavy atom. The van der Waals surface area contributed by atoms with E-state index in [0.29, 0.717) is 19.5 Å². The van der Waals surface area contributed by atoms with E-state index >= 15 is 0 Å². The third-order valence-electron chi connectivity index (χ3n) is 2.50. The number of nitriles is 1. The predicted molar refractivity (Wildman–Crippen MR) is 72.0 cm³/mol. The molecule has 0 aliphatic heterocycles. The van der Waals surface area contributed by atoms with Gasteiger partial charge in [-0.25, -0.2) is 0 Å². The van der Waals surface area contributed by atoms with Gasteiger partial charge in [0.25, 0.3) is 0 Å². The zero-order chi connectivity index (χ0) is 13.5. The van der Waals surface area contributed by atoms with Gasteiger partial charge >= 0.3 is 5.97 Å². The Morgan fingerprint density at radius 3 is 2.83 bits per heavy atom. The number of aryl methyl sites for hydroxylation is 1. The minimum Gasteiger partial charge on any atom is -0.480 e. The maximum absolute atomic E-state index is 10.8. The Morgan fingerprint density at radius 2 is 2.28 bits per heavy atom. The highest BCUT2D eigenvalue weighted by molar-refractivity contribution is 9.10. The molecule has 0 radical (unpaired) electrons. The molecule has 0 unspecified atom stereocenters. The molecule has 0 heterocycles. The average molecular weight is 311 g/mol. The molecule has 0 aliphatic carbocycles. The highest BCUT2D eigenvalue weighted by Crippen LogP contribution is 2.20. The van der Waals surface area contributed by atoms with Crippen molar-refractivity contribution in [2.24, 2.45) is 0 Å². The molecular weight excluding hydrogens is 296 g/mol. The van der Waals surface area contributed by atoms with Crippen LogP contribution in [0.3, 0.4) is 0 Å². The van der Waals surface area contributed by atoms with Gasteiger partial charge in [-0.3, -0.25) is 9.69 Å². The van der Waals surface area contributed by atoms with Crippen LogP contribution in [0.5, 0.6) is 0 Å². The SMILES string of the molecule is Cc1ccc(CN(CCC#N)CC(=O)O)c(Br)c1. The van der Waals surface area contributed by atoms with E-state index in [4.69, 9.17) is 10.4 Å². The van der Waals surface area contributed by atoms with E-state index in [-0.39, 0.29) is 6.54 Å². The lowest BCUT2D eigenvalue weighted by Crippen LogP contribution is -2.30. The summed E-state index contributed by atoms with van der Waals surface area (Å²) >= 11 is 3.47. The molecule has 4 nitrogen and oxygen atoms in total. The number of hydrogen-bond donors (Lipinski definition) is 1. The first-order chi connectivity index (χ1) is 8.52. The van der Waals surface area contributed by atoms with E-state index in [0.717, 1.165) is 15.6 Å². The first-order valence-electron chi connectivity index (χ1n) is 5.59. The normalized spacial score (nSPS) is 10.3. The van der Waals surface area contributed by atoms with Crippen molar-refractivity contribution in [3.05, 3.63) is 33.8 Å². The molecule has 0 saturated heterocycles. The minimum absolute atomic E-state index is 0.0536. The number of carbonyl (C=O) groups is 1. The zero-order valence-electron chi connectivity index (χ0n) is 10.2. The van der Waals surface area contributed by atoms with E-state index in [1.165, 1.54) is 0 Å². The first kappa shape index (κ1) is 14.7. The molecule has 0 spiro atoms. The van der Waals surface area contributed by atoms with Gasteiger partial charge in [0, 0.05) is 24.0 Å². The number of aliphatic carboxylic acids is 1. The quantitative estimate of drug-likeness (QED) is 0.877. The lowest BCUT2D eigenvalue weighted by molar-refractivity contribution is -0.138. The first-order valence-corrected chi connectivity index (χ1v) is 6.38. The zero-order valence-corrected chi connectivity index (χ0v) is 11.8. The number of rotatable bonds is 6. The molecule has 1 rings (SSSR count). The number of hydrogen-bond acceptors (Lipinski definition) is 3. The fourth-order valence-corrected chi connectivity index (χ4v) is 2.25. The van der Waals surface area contributed by atoms with E-state index in [2.05, 4.69) is 15.9 Å². The third-order valence-corrected chi connectivity index (χ3v) is 3.24. The van der Waals surface area contributed by atoms with Crippen LogP contribution in [0.1, 0.15) is 17.5 Å². The summed E-state index contributed by atoms with van der Waals surface area (Å²) in [7, 11) is 0. The van der Waals surface area contributed by atoms with Crippen LogP contribution in [0.25, 0.3) is 0 Å². The van der Waals surface area contributed by atoms with Gasteiger partial charge in [0.15, 0.2) is 0 Å². The molecule has 0 aliphatic rings. The van der Waals surface area contributed by atoms with Crippen LogP contribution < -0.4 is 0 Å². The second kappa shape index (κ2) is 7.14. The summed E-state index contributed by atoms with van der Waals surface area (Å²) in [4.78, 5) is 12.5. The number of benzene rings is 1. The molecule has 96 valence electrons. The Balaban J connectivity index is 2.75. The summed E-state index contributed by atoms with van der Waals surface area (Å²) in [5.74, 6) is -0.879. The summed E-state index contributed by atoms with van der Waals surface area (Å²) in [5, 5.41) is 17.4. The molecule has 1 N–H and O–H groups in total. The molecule has 0 saturated carbocycles. The summed E-state index contributed by atoms with van der Waals surface area (Å²) in [5.41, 5.74) is 2.17.